The van der Waals surface area contributed by atoms with Crippen molar-refractivity contribution >= 4 is 17.2 Å². The van der Waals surface area contributed by atoms with Gasteiger partial charge in [0, 0.05) is 35.1 Å². The molecule has 3 atom stereocenters. The highest BCUT2D eigenvalue weighted by atomic mass is 32.1. The Morgan fingerprint density at radius 1 is 1.29 bits per heavy atom. The summed E-state index contributed by atoms with van der Waals surface area (Å²) >= 11 is 1.48. The second-order valence-corrected chi connectivity index (χ2v) is 8.04. The topological polar surface area (TPSA) is 91.0 Å². The number of pyridine rings is 2. The van der Waals surface area contributed by atoms with Crippen LogP contribution < -0.4 is 5.73 Å². The Morgan fingerprint density at radius 3 is 2.79 bits per heavy atom. The Kier molecular flexibility index (Phi) is 5.19. The Labute approximate surface area is 167 Å². The smallest absolute Gasteiger partial charge is 0.267 e. The standard InChI is InChI=1S/C21H22N4O2S/c1-12-5-6-17(27-13(12)2)15-10-16(21-24-8-9-28-21)25-19(20(22)26)18(15)14-4-3-7-23-11-14/h3-4,7-13,17H,5-6H2,1-2H3,(H2,22,26). The number of carbonyl (C=O) groups excluding carboxylic acids is 1. The van der Waals surface area contributed by atoms with Crippen LogP contribution in [0.2, 0.25) is 0 Å². The van der Waals surface area contributed by atoms with Gasteiger partial charge in [0.05, 0.1) is 12.2 Å². The maximum Gasteiger partial charge on any atom is 0.267 e. The zero-order chi connectivity index (χ0) is 19.7. The molecule has 0 bridgehead atoms. The first kappa shape index (κ1) is 18.7. The van der Waals surface area contributed by atoms with E-state index in [1.54, 1.807) is 18.6 Å². The van der Waals surface area contributed by atoms with Crippen molar-refractivity contribution in [3.05, 3.63) is 53.4 Å². The fourth-order valence-electron chi connectivity index (χ4n) is 3.61. The summed E-state index contributed by atoms with van der Waals surface area (Å²) in [6.45, 7) is 4.30. The van der Waals surface area contributed by atoms with Crippen molar-refractivity contribution in [1.82, 2.24) is 15.0 Å². The van der Waals surface area contributed by atoms with Crippen molar-refractivity contribution < 1.29 is 9.53 Å². The summed E-state index contributed by atoms with van der Waals surface area (Å²) in [6, 6.07) is 5.74. The molecule has 4 rings (SSSR count). The SMILES string of the molecule is CC1CCC(c2cc(-c3nccs3)nc(C(N)=O)c2-c2cccnc2)OC1C. The molecule has 3 unspecified atom stereocenters. The van der Waals surface area contributed by atoms with Gasteiger partial charge in [0.2, 0.25) is 0 Å². The maximum atomic E-state index is 12.3. The van der Waals surface area contributed by atoms with Crippen molar-refractivity contribution in [1.29, 1.82) is 0 Å². The molecule has 1 aliphatic rings. The number of aromatic nitrogens is 3. The lowest BCUT2D eigenvalue weighted by Gasteiger charge is -2.34. The van der Waals surface area contributed by atoms with Gasteiger partial charge in [0.1, 0.15) is 16.4 Å². The molecule has 3 aromatic heterocycles. The third-order valence-corrected chi connectivity index (χ3v) is 6.09. The fraction of sp³-hybridized carbons (Fsp3) is 0.333. The number of nitrogens with zero attached hydrogens (tertiary/aromatic N) is 3. The zero-order valence-electron chi connectivity index (χ0n) is 15.8. The van der Waals surface area contributed by atoms with Crippen LogP contribution in [-0.4, -0.2) is 27.0 Å². The molecule has 28 heavy (non-hydrogen) atoms. The van der Waals surface area contributed by atoms with E-state index in [-0.39, 0.29) is 17.9 Å². The second kappa shape index (κ2) is 7.77. The van der Waals surface area contributed by atoms with E-state index in [9.17, 15) is 4.79 Å². The number of nitrogens with two attached hydrogens (primary N) is 1. The molecule has 1 aliphatic heterocycles. The maximum absolute atomic E-state index is 12.3. The Balaban J connectivity index is 1.93. The van der Waals surface area contributed by atoms with Crippen molar-refractivity contribution in [2.75, 3.05) is 0 Å². The third-order valence-electron chi connectivity index (χ3n) is 5.30. The lowest BCUT2D eigenvalue weighted by molar-refractivity contribution is -0.0704. The molecule has 2 N–H and O–H groups in total. The fourth-order valence-corrected chi connectivity index (χ4v) is 4.21. The van der Waals surface area contributed by atoms with Gasteiger partial charge < -0.3 is 10.5 Å². The minimum atomic E-state index is -0.573. The van der Waals surface area contributed by atoms with E-state index in [4.69, 9.17) is 10.5 Å². The van der Waals surface area contributed by atoms with Gasteiger partial charge in [-0.2, -0.15) is 0 Å². The Hall–Kier alpha value is -2.64. The van der Waals surface area contributed by atoms with Crippen LogP contribution in [0.4, 0.5) is 0 Å². The number of amides is 1. The summed E-state index contributed by atoms with van der Waals surface area (Å²) in [6.07, 6.45) is 7.07. The number of primary amides is 1. The minimum Gasteiger partial charge on any atom is -0.370 e. The first-order valence-electron chi connectivity index (χ1n) is 9.35. The molecule has 1 amide bonds. The zero-order valence-corrected chi connectivity index (χ0v) is 16.6. The largest absolute Gasteiger partial charge is 0.370 e. The van der Waals surface area contributed by atoms with Crippen LogP contribution in [0.5, 0.6) is 0 Å². The van der Waals surface area contributed by atoms with Crippen LogP contribution in [0.25, 0.3) is 21.8 Å². The number of ether oxygens (including phenoxy) is 1. The first-order chi connectivity index (χ1) is 13.5. The average molecular weight is 395 g/mol. The monoisotopic (exact) mass is 394 g/mol. The van der Waals surface area contributed by atoms with Crippen molar-refractivity contribution in [2.45, 2.75) is 38.9 Å². The highest BCUT2D eigenvalue weighted by Gasteiger charge is 2.31. The summed E-state index contributed by atoms with van der Waals surface area (Å²) in [7, 11) is 0. The van der Waals surface area contributed by atoms with Gasteiger partial charge in [-0.25, -0.2) is 9.97 Å². The molecule has 0 radical (unpaired) electrons. The lowest BCUT2D eigenvalue weighted by Crippen LogP contribution is -2.28. The molecule has 7 heteroatoms. The summed E-state index contributed by atoms with van der Waals surface area (Å²) in [5.74, 6) is -0.0790. The van der Waals surface area contributed by atoms with E-state index >= 15 is 0 Å². The molecular formula is C21H22N4O2S. The number of hydrogen-bond acceptors (Lipinski definition) is 6. The molecule has 4 heterocycles. The van der Waals surface area contributed by atoms with Crippen LogP contribution in [0, 0.1) is 5.92 Å². The molecular weight excluding hydrogens is 372 g/mol. The summed E-state index contributed by atoms with van der Waals surface area (Å²) in [5.41, 5.74) is 9.03. The van der Waals surface area contributed by atoms with Crippen LogP contribution in [0.15, 0.2) is 42.2 Å². The van der Waals surface area contributed by atoms with Gasteiger partial charge in [0.25, 0.3) is 5.91 Å². The molecule has 6 nitrogen and oxygen atoms in total. The van der Waals surface area contributed by atoms with Gasteiger partial charge in [0.15, 0.2) is 0 Å². The Morgan fingerprint density at radius 2 is 2.14 bits per heavy atom. The number of carbonyl (C=O) groups is 1. The van der Waals surface area contributed by atoms with Crippen molar-refractivity contribution in [2.24, 2.45) is 11.7 Å². The van der Waals surface area contributed by atoms with Gasteiger partial charge in [-0.3, -0.25) is 9.78 Å². The number of rotatable bonds is 4. The van der Waals surface area contributed by atoms with E-state index in [0.717, 1.165) is 29.0 Å². The van der Waals surface area contributed by atoms with Crippen LogP contribution in [0.1, 0.15) is 48.8 Å². The third kappa shape index (κ3) is 3.55. The molecule has 1 fully saturated rings. The predicted molar refractivity (Wildman–Crippen MR) is 109 cm³/mol. The van der Waals surface area contributed by atoms with Gasteiger partial charge in [-0.05, 0) is 43.4 Å². The normalized spacial score (nSPS) is 22.1. The van der Waals surface area contributed by atoms with E-state index in [1.807, 2.05) is 23.6 Å². The van der Waals surface area contributed by atoms with E-state index in [2.05, 4.69) is 28.8 Å². The molecule has 0 spiro atoms. The first-order valence-corrected chi connectivity index (χ1v) is 10.2. The molecule has 144 valence electrons. The van der Waals surface area contributed by atoms with Crippen molar-refractivity contribution in [3.8, 4) is 21.8 Å². The van der Waals surface area contributed by atoms with E-state index in [0.29, 0.717) is 17.2 Å². The second-order valence-electron chi connectivity index (χ2n) is 7.15. The van der Waals surface area contributed by atoms with Gasteiger partial charge >= 0.3 is 0 Å². The minimum absolute atomic E-state index is 0.133. The average Bonchev–Trinajstić information content (AvgIpc) is 3.24. The van der Waals surface area contributed by atoms with Gasteiger partial charge in [-0.15, -0.1) is 11.3 Å². The highest BCUT2D eigenvalue weighted by Crippen LogP contribution is 2.41. The van der Waals surface area contributed by atoms with Crippen LogP contribution >= 0.6 is 11.3 Å². The molecule has 0 aromatic carbocycles. The number of thiazole rings is 1. The summed E-state index contributed by atoms with van der Waals surface area (Å²) in [5, 5.41) is 2.63. The Bertz CT molecular complexity index is 976. The molecule has 3 aromatic rings. The highest BCUT2D eigenvalue weighted by molar-refractivity contribution is 7.13. The van der Waals surface area contributed by atoms with E-state index in [1.165, 1.54) is 11.3 Å². The van der Waals surface area contributed by atoms with Gasteiger partial charge in [-0.1, -0.05) is 13.0 Å². The molecule has 0 saturated carbocycles. The summed E-state index contributed by atoms with van der Waals surface area (Å²) in [4.78, 5) is 25.5. The van der Waals surface area contributed by atoms with Crippen LogP contribution in [0.3, 0.4) is 0 Å². The lowest BCUT2D eigenvalue weighted by atomic mass is 9.87. The van der Waals surface area contributed by atoms with E-state index < -0.39 is 5.91 Å². The molecule has 1 saturated heterocycles. The number of hydrogen-bond donors (Lipinski definition) is 1. The van der Waals surface area contributed by atoms with Crippen molar-refractivity contribution in [3.63, 3.8) is 0 Å². The quantitative estimate of drug-likeness (QED) is 0.714. The summed E-state index contributed by atoms with van der Waals surface area (Å²) < 4.78 is 6.34. The molecule has 0 aliphatic carbocycles. The van der Waals surface area contributed by atoms with Crippen LogP contribution in [-0.2, 0) is 4.74 Å². The predicted octanol–water partition coefficient (Wildman–Crippen LogP) is 4.24.